The smallest absolute Gasteiger partial charge is 0.0670 e. The van der Waals surface area contributed by atoms with Crippen molar-refractivity contribution in [2.24, 2.45) is 12.8 Å². The first-order valence-corrected chi connectivity index (χ1v) is 6.57. The summed E-state index contributed by atoms with van der Waals surface area (Å²) in [5.41, 5.74) is 8.38. The van der Waals surface area contributed by atoms with E-state index in [2.05, 4.69) is 49.2 Å². The van der Waals surface area contributed by atoms with Gasteiger partial charge in [-0.2, -0.15) is 5.10 Å². The van der Waals surface area contributed by atoms with Crippen molar-refractivity contribution in [3.8, 4) is 0 Å². The number of likely N-dealkylation sites (N-methyl/N-ethyl adjacent to an activating group) is 2. The van der Waals surface area contributed by atoms with Crippen LogP contribution in [-0.2, 0) is 13.5 Å². The first kappa shape index (κ1) is 15.1. The lowest BCUT2D eigenvalue weighted by Gasteiger charge is -2.28. The molecular weight excluding hydrogens is 226 g/mol. The summed E-state index contributed by atoms with van der Waals surface area (Å²) >= 11 is 0. The van der Waals surface area contributed by atoms with Crippen LogP contribution in [0.3, 0.4) is 0 Å². The van der Waals surface area contributed by atoms with Gasteiger partial charge < -0.3 is 10.6 Å². The molecule has 0 amide bonds. The summed E-state index contributed by atoms with van der Waals surface area (Å²) in [6.45, 7) is 4.81. The summed E-state index contributed by atoms with van der Waals surface area (Å²) in [6, 6.07) is 0.258. The molecule has 0 bridgehead atoms. The van der Waals surface area contributed by atoms with Crippen LogP contribution in [0.5, 0.6) is 0 Å². The van der Waals surface area contributed by atoms with E-state index in [1.165, 1.54) is 5.56 Å². The van der Waals surface area contributed by atoms with E-state index in [9.17, 15) is 0 Å². The average molecular weight is 253 g/mol. The van der Waals surface area contributed by atoms with Gasteiger partial charge in [0.25, 0.3) is 0 Å². The van der Waals surface area contributed by atoms with E-state index in [0.29, 0.717) is 6.54 Å². The van der Waals surface area contributed by atoms with Crippen molar-refractivity contribution in [2.45, 2.75) is 19.4 Å². The van der Waals surface area contributed by atoms with E-state index in [0.717, 1.165) is 25.2 Å². The van der Waals surface area contributed by atoms with E-state index in [4.69, 9.17) is 5.73 Å². The standard InChI is InChI=1S/C13H27N5/c1-6-12-11(10-18(5)15-12)13(9-14)17(4)8-7-16(2)3/h10,13H,6-9,14H2,1-5H3. The minimum Gasteiger partial charge on any atom is -0.329 e. The third-order valence-electron chi connectivity index (χ3n) is 3.29. The van der Waals surface area contributed by atoms with Crippen molar-refractivity contribution in [2.75, 3.05) is 40.8 Å². The van der Waals surface area contributed by atoms with Crippen LogP contribution in [0.4, 0.5) is 0 Å². The van der Waals surface area contributed by atoms with Gasteiger partial charge in [0.2, 0.25) is 0 Å². The number of aryl methyl sites for hydroxylation is 2. The van der Waals surface area contributed by atoms with Crippen LogP contribution in [0.25, 0.3) is 0 Å². The predicted molar refractivity (Wildman–Crippen MR) is 75.6 cm³/mol. The molecule has 0 aliphatic heterocycles. The Kier molecular flexibility index (Phi) is 5.78. The van der Waals surface area contributed by atoms with Crippen LogP contribution in [0, 0.1) is 0 Å². The molecule has 1 heterocycles. The normalized spacial score (nSPS) is 13.6. The molecule has 0 spiro atoms. The van der Waals surface area contributed by atoms with Gasteiger partial charge in [-0.1, -0.05) is 6.92 Å². The Labute approximate surface area is 111 Å². The molecule has 1 aromatic heterocycles. The van der Waals surface area contributed by atoms with Crippen LogP contribution >= 0.6 is 0 Å². The molecule has 0 aliphatic carbocycles. The average Bonchev–Trinajstić information content (AvgIpc) is 2.68. The number of rotatable bonds is 7. The largest absolute Gasteiger partial charge is 0.329 e. The van der Waals surface area contributed by atoms with Crippen molar-refractivity contribution in [1.29, 1.82) is 0 Å². The number of aromatic nitrogens is 2. The zero-order valence-electron chi connectivity index (χ0n) is 12.3. The van der Waals surface area contributed by atoms with E-state index in [1.807, 2.05) is 11.7 Å². The number of hydrogen-bond donors (Lipinski definition) is 1. The maximum atomic E-state index is 5.95. The van der Waals surface area contributed by atoms with Crippen molar-refractivity contribution >= 4 is 0 Å². The first-order valence-electron chi connectivity index (χ1n) is 6.57. The van der Waals surface area contributed by atoms with Gasteiger partial charge in [0.15, 0.2) is 0 Å². The molecule has 18 heavy (non-hydrogen) atoms. The van der Waals surface area contributed by atoms with Gasteiger partial charge in [0.1, 0.15) is 0 Å². The molecule has 0 aliphatic rings. The Bertz CT molecular complexity index is 358. The predicted octanol–water partition coefficient (Wildman–Crippen LogP) is 0.476. The van der Waals surface area contributed by atoms with Crippen molar-refractivity contribution in [1.82, 2.24) is 19.6 Å². The van der Waals surface area contributed by atoms with Crippen LogP contribution in [0.2, 0.25) is 0 Å². The highest BCUT2D eigenvalue weighted by Gasteiger charge is 2.20. The Morgan fingerprint density at radius 2 is 2.00 bits per heavy atom. The minimum absolute atomic E-state index is 0.258. The maximum absolute atomic E-state index is 5.95. The van der Waals surface area contributed by atoms with E-state index < -0.39 is 0 Å². The summed E-state index contributed by atoms with van der Waals surface area (Å²) in [5, 5.41) is 4.50. The van der Waals surface area contributed by atoms with Gasteiger partial charge in [-0.25, -0.2) is 0 Å². The van der Waals surface area contributed by atoms with E-state index in [-0.39, 0.29) is 6.04 Å². The first-order chi connectivity index (χ1) is 8.49. The fourth-order valence-corrected chi connectivity index (χ4v) is 2.16. The minimum atomic E-state index is 0.258. The van der Waals surface area contributed by atoms with Crippen LogP contribution in [0.15, 0.2) is 6.20 Å². The second-order valence-corrected chi connectivity index (χ2v) is 5.09. The lowest BCUT2D eigenvalue weighted by atomic mass is 10.1. The third kappa shape index (κ3) is 3.80. The third-order valence-corrected chi connectivity index (χ3v) is 3.29. The summed E-state index contributed by atoms with van der Waals surface area (Å²) in [5.74, 6) is 0. The zero-order chi connectivity index (χ0) is 13.7. The lowest BCUT2D eigenvalue weighted by Crippen LogP contribution is -2.35. The zero-order valence-corrected chi connectivity index (χ0v) is 12.3. The molecule has 5 nitrogen and oxygen atoms in total. The Morgan fingerprint density at radius 3 is 2.50 bits per heavy atom. The molecule has 1 atom stereocenters. The molecule has 0 saturated heterocycles. The Morgan fingerprint density at radius 1 is 1.33 bits per heavy atom. The van der Waals surface area contributed by atoms with Crippen molar-refractivity contribution in [3.05, 3.63) is 17.5 Å². The molecule has 5 heteroatoms. The molecule has 1 aromatic rings. The highest BCUT2D eigenvalue weighted by atomic mass is 15.3. The monoisotopic (exact) mass is 253 g/mol. The van der Waals surface area contributed by atoms with Gasteiger partial charge in [0, 0.05) is 38.4 Å². The highest BCUT2D eigenvalue weighted by Crippen LogP contribution is 2.21. The molecule has 0 saturated carbocycles. The fraction of sp³-hybridized carbons (Fsp3) is 0.769. The van der Waals surface area contributed by atoms with Gasteiger partial charge in [-0.05, 0) is 27.6 Å². The molecular formula is C13H27N5. The van der Waals surface area contributed by atoms with Gasteiger partial charge >= 0.3 is 0 Å². The van der Waals surface area contributed by atoms with E-state index in [1.54, 1.807) is 0 Å². The summed E-state index contributed by atoms with van der Waals surface area (Å²) < 4.78 is 1.89. The van der Waals surface area contributed by atoms with Crippen LogP contribution < -0.4 is 5.73 Å². The van der Waals surface area contributed by atoms with Gasteiger partial charge in [-0.3, -0.25) is 9.58 Å². The molecule has 0 fully saturated rings. The summed E-state index contributed by atoms with van der Waals surface area (Å²) in [6.07, 6.45) is 3.05. The number of nitrogens with zero attached hydrogens (tertiary/aromatic N) is 4. The Balaban J connectivity index is 2.80. The quantitative estimate of drug-likeness (QED) is 0.768. The molecule has 2 N–H and O–H groups in total. The SMILES string of the molecule is CCc1nn(C)cc1C(CN)N(C)CCN(C)C. The summed E-state index contributed by atoms with van der Waals surface area (Å²) in [7, 11) is 8.28. The van der Waals surface area contributed by atoms with Gasteiger partial charge in [-0.15, -0.1) is 0 Å². The summed E-state index contributed by atoms with van der Waals surface area (Å²) in [4.78, 5) is 4.50. The van der Waals surface area contributed by atoms with Crippen LogP contribution in [0.1, 0.15) is 24.2 Å². The van der Waals surface area contributed by atoms with Crippen LogP contribution in [-0.4, -0.2) is 60.4 Å². The molecule has 104 valence electrons. The maximum Gasteiger partial charge on any atom is 0.0670 e. The Hall–Kier alpha value is -0.910. The topological polar surface area (TPSA) is 50.3 Å². The molecule has 1 rings (SSSR count). The fourth-order valence-electron chi connectivity index (χ4n) is 2.16. The lowest BCUT2D eigenvalue weighted by molar-refractivity contribution is 0.222. The molecule has 0 aromatic carbocycles. The second-order valence-electron chi connectivity index (χ2n) is 5.09. The highest BCUT2D eigenvalue weighted by molar-refractivity contribution is 5.22. The second kappa shape index (κ2) is 6.87. The molecule has 1 unspecified atom stereocenters. The van der Waals surface area contributed by atoms with Crippen molar-refractivity contribution in [3.63, 3.8) is 0 Å². The number of nitrogens with two attached hydrogens (primary N) is 1. The molecule has 0 radical (unpaired) electrons. The van der Waals surface area contributed by atoms with Gasteiger partial charge in [0.05, 0.1) is 11.7 Å². The van der Waals surface area contributed by atoms with E-state index >= 15 is 0 Å². The van der Waals surface area contributed by atoms with Crippen molar-refractivity contribution < 1.29 is 0 Å². The number of hydrogen-bond acceptors (Lipinski definition) is 4.